The summed E-state index contributed by atoms with van der Waals surface area (Å²) in [6.07, 6.45) is 3.78. The van der Waals surface area contributed by atoms with E-state index in [2.05, 4.69) is 24.0 Å². The lowest BCUT2D eigenvalue weighted by atomic mass is 9.93. The topological polar surface area (TPSA) is 53.1 Å². The lowest BCUT2D eigenvalue weighted by molar-refractivity contribution is 0.395. The molecular weight excluding hydrogens is 222 g/mol. The van der Waals surface area contributed by atoms with E-state index in [4.69, 9.17) is 11.1 Å². The van der Waals surface area contributed by atoms with E-state index in [0.29, 0.717) is 0 Å². The van der Waals surface area contributed by atoms with Crippen LogP contribution in [0.2, 0.25) is 0 Å². The summed E-state index contributed by atoms with van der Waals surface area (Å²) in [5.41, 5.74) is 8.87. The molecule has 3 N–H and O–H groups in total. The first-order valence-electron chi connectivity index (χ1n) is 6.81. The van der Waals surface area contributed by atoms with E-state index >= 15 is 0 Å². The van der Waals surface area contributed by atoms with Gasteiger partial charge in [-0.3, -0.25) is 5.41 Å². The molecular formula is C15H23N3. The van der Waals surface area contributed by atoms with Crippen LogP contribution in [0.3, 0.4) is 0 Å². The monoisotopic (exact) mass is 245 g/mol. The van der Waals surface area contributed by atoms with E-state index in [-0.39, 0.29) is 5.84 Å². The van der Waals surface area contributed by atoms with Crippen molar-refractivity contribution in [2.45, 2.75) is 33.1 Å². The zero-order chi connectivity index (χ0) is 13.1. The van der Waals surface area contributed by atoms with Gasteiger partial charge in [0.15, 0.2) is 0 Å². The molecule has 1 heterocycles. The van der Waals surface area contributed by atoms with Crippen LogP contribution in [0.5, 0.6) is 0 Å². The van der Waals surface area contributed by atoms with E-state index in [1.54, 1.807) is 0 Å². The van der Waals surface area contributed by atoms with E-state index in [0.717, 1.165) is 35.8 Å². The van der Waals surface area contributed by atoms with Gasteiger partial charge in [0, 0.05) is 24.3 Å². The molecule has 0 amide bonds. The number of hydrogen-bond donors (Lipinski definition) is 2. The summed E-state index contributed by atoms with van der Waals surface area (Å²) in [6.45, 7) is 6.48. The van der Waals surface area contributed by atoms with Crippen LogP contribution in [0.4, 0.5) is 5.69 Å². The Bertz CT molecular complexity index is 431. The fourth-order valence-corrected chi connectivity index (χ4v) is 2.72. The Hall–Kier alpha value is -1.51. The summed E-state index contributed by atoms with van der Waals surface area (Å²) in [7, 11) is 0. The molecule has 0 saturated carbocycles. The number of benzene rings is 1. The third-order valence-corrected chi connectivity index (χ3v) is 3.97. The number of nitrogen functional groups attached to an aromatic ring is 1. The Morgan fingerprint density at radius 3 is 2.61 bits per heavy atom. The van der Waals surface area contributed by atoms with Crippen LogP contribution in [0.15, 0.2) is 18.2 Å². The highest BCUT2D eigenvalue weighted by Crippen LogP contribution is 2.28. The molecule has 0 atom stereocenters. The molecule has 0 aromatic heterocycles. The van der Waals surface area contributed by atoms with Gasteiger partial charge >= 0.3 is 0 Å². The number of nitrogens with zero attached hydrogens (tertiary/aromatic N) is 1. The van der Waals surface area contributed by atoms with Crippen LogP contribution < -0.4 is 10.6 Å². The Kier molecular flexibility index (Phi) is 3.90. The summed E-state index contributed by atoms with van der Waals surface area (Å²) in [6, 6.07) is 6.23. The SMILES string of the molecule is CCC1CCN(c2ccc(C)cc2C(=N)N)CC1. The molecule has 1 aliphatic rings. The number of rotatable bonds is 3. The maximum Gasteiger partial charge on any atom is 0.124 e. The molecule has 3 heteroatoms. The molecule has 3 nitrogen and oxygen atoms in total. The van der Waals surface area contributed by atoms with Gasteiger partial charge in [-0.1, -0.05) is 25.0 Å². The summed E-state index contributed by atoms with van der Waals surface area (Å²) < 4.78 is 0. The number of piperidine rings is 1. The molecule has 0 bridgehead atoms. The summed E-state index contributed by atoms with van der Waals surface area (Å²) in [5, 5.41) is 7.72. The Balaban J connectivity index is 2.21. The number of nitrogens with two attached hydrogens (primary N) is 1. The van der Waals surface area contributed by atoms with E-state index in [9.17, 15) is 0 Å². The van der Waals surface area contributed by atoms with Crippen LogP contribution in [0.1, 0.15) is 37.3 Å². The van der Waals surface area contributed by atoms with E-state index in [1.807, 2.05) is 13.0 Å². The number of amidine groups is 1. The van der Waals surface area contributed by atoms with Crippen molar-refractivity contribution < 1.29 is 0 Å². The maximum atomic E-state index is 7.72. The van der Waals surface area contributed by atoms with Gasteiger partial charge in [-0.25, -0.2) is 0 Å². The second kappa shape index (κ2) is 5.42. The summed E-state index contributed by atoms with van der Waals surface area (Å²) in [4.78, 5) is 2.38. The van der Waals surface area contributed by atoms with Crippen LogP contribution in [0, 0.1) is 18.3 Å². The normalized spacial score (nSPS) is 16.9. The van der Waals surface area contributed by atoms with E-state index < -0.39 is 0 Å². The molecule has 1 aromatic carbocycles. The van der Waals surface area contributed by atoms with Gasteiger partial charge in [-0.2, -0.15) is 0 Å². The third-order valence-electron chi connectivity index (χ3n) is 3.97. The first-order chi connectivity index (χ1) is 8.61. The number of hydrogen-bond acceptors (Lipinski definition) is 2. The van der Waals surface area contributed by atoms with Gasteiger partial charge in [0.25, 0.3) is 0 Å². The number of anilines is 1. The molecule has 2 rings (SSSR count). The van der Waals surface area contributed by atoms with Crippen molar-refractivity contribution in [1.29, 1.82) is 5.41 Å². The fourth-order valence-electron chi connectivity index (χ4n) is 2.72. The average Bonchev–Trinajstić information content (AvgIpc) is 2.39. The summed E-state index contributed by atoms with van der Waals surface area (Å²) >= 11 is 0. The average molecular weight is 245 g/mol. The lowest BCUT2D eigenvalue weighted by Crippen LogP contribution is -2.35. The van der Waals surface area contributed by atoms with Gasteiger partial charge in [0.05, 0.1) is 0 Å². The Morgan fingerprint density at radius 2 is 2.06 bits per heavy atom. The summed E-state index contributed by atoms with van der Waals surface area (Å²) in [5.74, 6) is 1.04. The third kappa shape index (κ3) is 2.66. The van der Waals surface area contributed by atoms with Crippen LogP contribution >= 0.6 is 0 Å². The number of aryl methyl sites for hydroxylation is 1. The van der Waals surface area contributed by atoms with Gasteiger partial charge in [-0.15, -0.1) is 0 Å². The molecule has 1 aromatic rings. The number of nitrogens with one attached hydrogen (secondary N) is 1. The molecule has 1 aliphatic heterocycles. The molecule has 1 saturated heterocycles. The maximum absolute atomic E-state index is 7.72. The van der Waals surface area contributed by atoms with Crippen molar-refractivity contribution in [3.63, 3.8) is 0 Å². The highest BCUT2D eigenvalue weighted by molar-refractivity contribution is 6.00. The Labute approximate surface area is 109 Å². The van der Waals surface area contributed by atoms with Crippen molar-refractivity contribution in [2.75, 3.05) is 18.0 Å². The standard InChI is InChI=1S/C15H23N3/c1-3-12-6-8-18(9-7-12)14-5-4-11(2)10-13(14)15(16)17/h4-5,10,12H,3,6-9H2,1-2H3,(H3,16,17). The predicted molar refractivity (Wildman–Crippen MR) is 77.4 cm³/mol. The smallest absolute Gasteiger partial charge is 0.124 e. The van der Waals surface area contributed by atoms with Crippen LogP contribution in [0.25, 0.3) is 0 Å². The first kappa shape index (κ1) is 12.9. The molecule has 98 valence electrons. The zero-order valence-electron chi connectivity index (χ0n) is 11.4. The zero-order valence-corrected chi connectivity index (χ0v) is 11.4. The molecule has 0 unspecified atom stereocenters. The highest BCUT2D eigenvalue weighted by Gasteiger charge is 2.20. The van der Waals surface area contributed by atoms with Gasteiger partial charge in [-0.05, 0) is 37.8 Å². The molecule has 0 spiro atoms. The quantitative estimate of drug-likeness (QED) is 0.635. The minimum atomic E-state index is 0.173. The van der Waals surface area contributed by atoms with Crippen molar-refractivity contribution in [3.8, 4) is 0 Å². The van der Waals surface area contributed by atoms with E-state index in [1.165, 1.54) is 19.3 Å². The second-order valence-corrected chi connectivity index (χ2v) is 5.27. The van der Waals surface area contributed by atoms with Crippen LogP contribution in [-0.4, -0.2) is 18.9 Å². The molecule has 1 fully saturated rings. The predicted octanol–water partition coefficient (Wildman–Crippen LogP) is 2.91. The molecule has 0 aliphatic carbocycles. The first-order valence-corrected chi connectivity index (χ1v) is 6.81. The van der Waals surface area contributed by atoms with Gasteiger partial charge in [0.1, 0.15) is 5.84 Å². The lowest BCUT2D eigenvalue weighted by Gasteiger charge is -2.34. The van der Waals surface area contributed by atoms with Gasteiger partial charge < -0.3 is 10.6 Å². The minimum Gasteiger partial charge on any atom is -0.384 e. The van der Waals surface area contributed by atoms with Crippen molar-refractivity contribution in [2.24, 2.45) is 11.7 Å². The largest absolute Gasteiger partial charge is 0.384 e. The van der Waals surface area contributed by atoms with Crippen molar-refractivity contribution in [3.05, 3.63) is 29.3 Å². The van der Waals surface area contributed by atoms with Crippen molar-refractivity contribution in [1.82, 2.24) is 0 Å². The second-order valence-electron chi connectivity index (χ2n) is 5.27. The highest BCUT2D eigenvalue weighted by atomic mass is 15.1. The molecule has 18 heavy (non-hydrogen) atoms. The fraction of sp³-hybridized carbons (Fsp3) is 0.533. The minimum absolute atomic E-state index is 0.173. The Morgan fingerprint density at radius 1 is 1.39 bits per heavy atom. The van der Waals surface area contributed by atoms with Crippen LogP contribution in [-0.2, 0) is 0 Å². The van der Waals surface area contributed by atoms with Crippen molar-refractivity contribution >= 4 is 11.5 Å². The van der Waals surface area contributed by atoms with Gasteiger partial charge in [0.2, 0.25) is 0 Å². The molecule has 0 radical (unpaired) electrons.